The third-order valence-electron chi connectivity index (χ3n) is 1.14. The second-order valence-corrected chi connectivity index (χ2v) is 2.49. The zero-order chi connectivity index (χ0) is 9.56. The predicted octanol–water partition coefficient (Wildman–Crippen LogP) is -0.681. The second-order valence-electron chi connectivity index (χ2n) is 2.08. The SMILES string of the molecule is C=C(CC(=O)OCC)C(=O)O[SiH3]. The highest BCUT2D eigenvalue weighted by Crippen LogP contribution is 2.01. The fourth-order valence-electron chi connectivity index (χ4n) is 0.603. The molecule has 0 N–H and O–H groups in total. The molecule has 0 aromatic rings. The van der Waals surface area contributed by atoms with Crippen LogP contribution in [-0.4, -0.2) is 29.0 Å². The molecule has 0 amide bonds. The lowest BCUT2D eigenvalue weighted by Gasteiger charge is -2.03. The third kappa shape index (κ3) is 3.92. The van der Waals surface area contributed by atoms with Gasteiger partial charge in [-0.3, -0.25) is 4.79 Å². The molecular weight excluding hydrogens is 176 g/mol. The summed E-state index contributed by atoms with van der Waals surface area (Å²) in [7, 11) is 0.311. The van der Waals surface area contributed by atoms with Crippen molar-refractivity contribution in [3.8, 4) is 0 Å². The maximum absolute atomic E-state index is 10.8. The highest BCUT2D eigenvalue weighted by molar-refractivity contribution is 6.09. The molecule has 0 bridgehead atoms. The number of rotatable bonds is 4. The predicted molar refractivity (Wildman–Crippen MR) is 46.4 cm³/mol. The molecule has 0 heterocycles. The van der Waals surface area contributed by atoms with Crippen LogP contribution >= 0.6 is 0 Å². The third-order valence-corrected chi connectivity index (χ3v) is 1.51. The maximum atomic E-state index is 10.8. The largest absolute Gasteiger partial charge is 0.526 e. The Hall–Kier alpha value is -1.10. The van der Waals surface area contributed by atoms with Crippen LogP contribution < -0.4 is 0 Å². The molecular formula is C7H12O4Si. The van der Waals surface area contributed by atoms with E-state index in [1.54, 1.807) is 6.92 Å². The van der Waals surface area contributed by atoms with Gasteiger partial charge in [-0.2, -0.15) is 0 Å². The molecule has 0 unspecified atom stereocenters. The van der Waals surface area contributed by atoms with Crippen LogP contribution in [0.3, 0.4) is 0 Å². The summed E-state index contributed by atoms with van der Waals surface area (Å²) in [5.41, 5.74) is 0.142. The summed E-state index contributed by atoms with van der Waals surface area (Å²) in [6.07, 6.45) is -0.0884. The summed E-state index contributed by atoms with van der Waals surface area (Å²) in [6, 6.07) is 0. The molecule has 0 aromatic carbocycles. The number of hydrogen-bond donors (Lipinski definition) is 0. The first kappa shape index (κ1) is 10.9. The van der Waals surface area contributed by atoms with Crippen LogP contribution in [0.1, 0.15) is 13.3 Å². The van der Waals surface area contributed by atoms with Gasteiger partial charge >= 0.3 is 11.9 Å². The molecule has 5 heteroatoms. The molecule has 0 aromatic heterocycles. The molecule has 0 atom stereocenters. The van der Waals surface area contributed by atoms with Crippen LogP contribution in [0.4, 0.5) is 0 Å². The topological polar surface area (TPSA) is 52.6 Å². The first-order valence-corrected chi connectivity index (χ1v) is 4.35. The van der Waals surface area contributed by atoms with E-state index in [4.69, 9.17) is 0 Å². The van der Waals surface area contributed by atoms with Crippen molar-refractivity contribution in [3.05, 3.63) is 12.2 Å². The van der Waals surface area contributed by atoms with Crippen LogP contribution in [0.2, 0.25) is 0 Å². The van der Waals surface area contributed by atoms with Gasteiger partial charge in [0, 0.05) is 5.57 Å². The molecule has 4 nitrogen and oxygen atoms in total. The Labute approximate surface area is 74.1 Å². The van der Waals surface area contributed by atoms with Crippen LogP contribution in [0.15, 0.2) is 12.2 Å². The summed E-state index contributed by atoms with van der Waals surface area (Å²) in [4.78, 5) is 21.6. The minimum atomic E-state index is -0.519. The minimum absolute atomic E-state index is 0.0884. The molecule has 0 saturated carbocycles. The van der Waals surface area contributed by atoms with Crippen LogP contribution in [0, 0.1) is 0 Å². The first-order chi connectivity index (χ1) is 5.61. The van der Waals surface area contributed by atoms with E-state index in [2.05, 4.69) is 15.7 Å². The number of carbonyl (C=O) groups excluding carboxylic acids is 2. The Bertz CT molecular complexity index is 200. The van der Waals surface area contributed by atoms with Gasteiger partial charge in [-0.25, -0.2) is 4.79 Å². The smallest absolute Gasteiger partial charge is 0.319 e. The highest BCUT2D eigenvalue weighted by Gasteiger charge is 2.11. The number of esters is 1. The van der Waals surface area contributed by atoms with Gasteiger partial charge in [-0.1, -0.05) is 6.58 Å². The zero-order valence-electron chi connectivity index (χ0n) is 7.25. The fraction of sp³-hybridized carbons (Fsp3) is 0.429. The molecule has 68 valence electrons. The lowest BCUT2D eigenvalue weighted by Crippen LogP contribution is -2.11. The number of carbonyl (C=O) groups is 2. The Morgan fingerprint density at radius 3 is 2.50 bits per heavy atom. The van der Waals surface area contributed by atoms with E-state index < -0.39 is 11.9 Å². The van der Waals surface area contributed by atoms with Crippen molar-refractivity contribution < 1.29 is 18.8 Å². The lowest BCUT2D eigenvalue weighted by molar-refractivity contribution is -0.143. The van der Waals surface area contributed by atoms with Gasteiger partial charge in [0.05, 0.1) is 13.0 Å². The average molecular weight is 188 g/mol. The van der Waals surface area contributed by atoms with Gasteiger partial charge in [0.1, 0.15) is 0 Å². The molecule has 0 aliphatic heterocycles. The van der Waals surface area contributed by atoms with Crippen molar-refractivity contribution in [2.75, 3.05) is 6.61 Å². The number of ether oxygens (including phenoxy) is 1. The molecule has 0 saturated heterocycles. The summed E-state index contributed by atoms with van der Waals surface area (Å²) in [6.45, 7) is 5.40. The van der Waals surface area contributed by atoms with Crippen molar-refractivity contribution in [1.82, 2.24) is 0 Å². The average Bonchev–Trinajstić information content (AvgIpc) is 2.03. The van der Waals surface area contributed by atoms with Gasteiger partial charge in [0.2, 0.25) is 10.5 Å². The Kier molecular flexibility index (Phi) is 5.03. The van der Waals surface area contributed by atoms with Gasteiger partial charge in [0.15, 0.2) is 0 Å². The van der Waals surface area contributed by atoms with E-state index in [9.17, 15) is 9.59 Å². The molecule has 12 heavy (non-hydrogen) atoms. The normalized spacial score (nSPS) is 9.08. The second kappa shape index (κ2) is 5.53. The maximum Gasteiger partial charge on any atom is 0.319 e. The van der Waals surface area contributed by atoms with E-state index >= 15 is 0 Å². The van der Waals surface area contributed by atoms with Crippen LogP contribution in [-0.2, 0) is 18.8 Å². The van der Waals surface area contributed by atoms with E-state index in [1.165, 1.54) is 0 Å². The Morgan fingerprint density at radius 1 is 1.50 bits per heavy atom. The van der Waals surface area contributed by atoms with E-state index in [0.29, 0.717) is 17.1 Å². The van der Waals surface area contributed by atoms with E-state index in [0.717, 1.165) is 0 Å². The molecule has 0 rings (SSSR count). The molecule has 0 fully saturated rings. The quantitative estimate of drug-likeness (QED) is 0.333. The summed E-state index contributed by atoms with van der Waals surface area (Å²) >= 11 is 0. The highest BCUT2D eigenvalue weighted by atomic mass is 28.2. The van der Waals surface area contributed by atoms with Crippen LogP contribution in [0.25, 0.3) is 0 Å². The standard InChI is InChI=1S/C7H12O4Si/c1-3-10-6(8)4-5(2)7(9)11-12/h2-4H2,1,12H3. The minimum Gasteiger partial charge on any atom is -0.526 e. The summed E-state index contributed by atoms with van der Waals surface area (Å²) in [5, 5.41) is 0. The van der Waals surface area contributed by atoms with Gasteiger partial charge < -0.3 is 9.16 Å². The molecule has 0 aliphatic carbocycles. The summed E-state index contributed by atoms with van der Waals surface area (Å²) in [5.74, 6) is -0.968. The monoisotopic (exact) mass is 188 g/mol. The Morgan fingerprint density at radius 2 is 2.08 bits per heavy atom. The van der Waals surface area contributed by atoms with Crippen molar-refractivity contribution in [2.45, 2.75) is 13.3 Å². The van der Waals surface area contributed by atoms with Crippen molar-refractivity contribution >= 4 is 22.4 Å². The first-order valence-electron chi connectivity index (χ1n) is 3.53. The molecule has 0 radical (unpaired) electrons. The molecule has 0 spiro atoms. The zero-order valence-corrected chi connectivity index (χ0v) is 9.25. The Balaban J connectivity index is 3.84. The van der Waals surface area contributed by atoms with E-state index in [1.807, 2.05) is 0 Å². The van der Waals surface area contributed by atoms with Crippen LogP contribution in [0.5, 0.6) is 0 Å². The lowest BCUT2D eigenvalue weighted by atomic mass is 10.2. The van der Waals surface area contributed by atoms with Gasteiger partial charge in [-0.15, -0.1) is 0 Å². The van der Waals surface area contributed by atoms with Crippen molar-refractivity contribution in [2.24, 2.45) is 0 Å². The number of hydrogen-bond acceptors (Lipinski definition) is 4. The van der Waals surface area contributed by atoms with E-state index in [-0.39, 0.29) is 12.0 Å². The molecule has 0 aliphatic rings. The van der Waals surface area contributed by atoms with Crippen molar-refractivity contribution in [3.63, 3.8) is 0 Å². The van der Waals surface area contributed by atoms with Gasteiger partial charge in [-0.05, 0) is 6.92 Å². The van der Waals surface area contributed by atoms with Gasteiger partial charge in [0.25, 0.3) is 0 Å². The fourth-order valence-corrected chi connectivity index (χ4v) is 0.891. The summed E-state index contributed by atoms with van der Waals surface area (Å²) < 4.78 is 9.09. The van der Waals surface area contributed by atoms with Crippen molar-refractivity contribution in [1.29, 1.82) is 0 Å².